The number of nitrogens with zero attached hydrogens (tertiary/aromatic N) is 2. The van der Waals surface area contributed by atoms with E-state index in [9.17, 15) is 14.0 Å². The van der Waals surface area contributed by atoms with Crippen molar-refractivity contribution in [3.8, 4) is 0 Å². The van der Waals surface area contributed by atoms with Crippen molar-refractivity contribution in [2.45, 2.75) is 24.8 Å². The summed E-state index contributed by atoms with van der Waals surface area (Å²) in [6.45, 7) is 2.18. The molecule has 2 amide bonds. The van der Waals surface area contributed by atoms with Crippen molar-refractivity contribution in [2.75, 3.05) is 11.9 Å². The standard InChI is InChI=1S/C22H19FN4O2/c1-13-24-12-18(25-13)20(28)27-11-10-22(19(27)14-6-8-15(23)9-7-14)16-4-2-3-5-17(16)26-21(22)29/h2-9,12,19H,10-11H2,1H3,(H,24,25)(H,26,29). The second-order valence-corrected chi connectivity index (χ2v) is 7.56. The summed E-state index contributed by atoms with van der Waals surface area (Å²) in [4.78, 5) is 35.4. The molecule has 0 aliphatic carbocycles. The summed E-state index contributed by atoms with van der Waals surface area (Å²) >= 11 is 0. The minimum Gasteiger partial charge on any atom is -0.338 e. The molecule has 0 radical (unpaired) electrons. The predicted octanol–water partition coefficient (Wildman–Crippen LogP) is 3.33. The summed E-state index contributed by atoms with van der Waals surface area (Å²) in [6, 6.07) is 13.0. The molecule has 0 saturated carbocycles. The first-order valence-electron chi connectivity index (χ1n) is 9.50. The third kappa shape index (κ3) is 2.50. The molecule has 3 heterocycles. The van der Waals surface area contributed by atoms with Gasteiger partial charge in [-0.1, -0.05) is 30.3 Å². The van der Waals surface area contributed by atoms with E-state index in [1.807, 2.05) is 24.3 Å². The van der Waals surface area contributed by atoms with E-state index in [-0.39, 0.29) is 17.6 Å². The zero-order chi connectivity index (χ0) is 20.2. The van der Waals surface area contributed by atoms with Gasteiger partial charge in [-0.05, 0) is 42.7 Å². The van der Waals surface area contributed by atoms with Gasteiger partial charge in [0, 0.05) is 12.2 Å². The molecular weight excluding hydrogens is 371 g/mol. The Bertz CT molecular complexity index is 1120. The highest BCUT2D eigenvalue weighted by Gasteiger charge is 2.59. The van der Waals surface area contributed by atoms with Crippen LogP contribution in [0.1, 0.15) is 39.9 Å². The number of nitrogens with one attached hydrogen (secondary N) is 2. The van der Waals surface area contributed by atoms with Crippen molar-refractivity contribution < 1.29 is 14.0 Å². The largest absolute Gasteiger partial charge is 0.338 e. The number of aromatic amines is 1. The van der Waals surface area contributed by atoms with Crippen molar-refractivity contribution in [3.05, 3.63) is 83.2 Å². The van der Waals surface area contributed by atoms with Gasteiger partial charge < -0.3 is 15.2 Å². The van der Waals surface area contributed by atoms with Crippen molar-refractivity contribution >= 4 is 17.5 Å². The van der Waals surface area contributed by atoms with Gasteiger partial charge in [0.2, 0.25) is 5.91 Å². The molecule has 2 aromatic carbocycles. The molecule has 1 saturated heterocycles. The number of carbonyl (C=O) groups is 2. The highest BCUT2D eigenvalue weighted by Crippen LogP contribution is 2.54. The zero-order valence-corrected chi connectivity index (χ0v) is 15.8. The zero-order valence-electron chi connectivity index (χ0n) is 15.8. The number of aryl methyl sites for hydroxylation is 1. The summed E-state index contributed by atoms with van der Waals surface area (Å²) in [5, 5.41) is 2.97. The second kappa shape index (κ2) is 6.27. The maximum Gasteiger partial charge on any atom is 0.272 e. The fourth-order valence-electron chi connectivity index (χ4n) is 4.70. The van der Waals surface area contributed by atoms with Gasteiger partial charge in [-0.3, -0.25) is 9.59 Å². The maximum atomic E-state index is 13.6. The SMILES string of the molecule is Cc1ncc(C(=O)N2CCC3(C(=O)Nc4ccccc43)C2c2ccc(F)cc2)[nH]1. The minimum atomic E-state index is -0.918. The monoisotopic (exact) mass is 390 g/mol. The number of carbonyl (C=O) groups excluding carboxylic acids is 2. The summed E-state index contributed by atoms with van der Waals surface area (Å²) in [5.41, 5.74) is 1.81. The molecule has 6 nitrogen and oxygen atoms in total. The molecule has 2 aliphatic heterocycles. The number of halogens is 1. The third-order valence-corrected chi connectivity index (χ3v) is 5.97. The smallest absolute Gasteiger partial charge is 0.272 e. The topological polar surface area (TPSA) is 78.1 Å². The Hall–Kier alpha value is -3.48. The van der Waals surface area contributed by atoms with Gasteiger partial charge in [-0.25, -0.2) is 9.37 Å². The van der Waals surface area contributed by atoms with E-state index in [0.29, 0.717) is 24.5 Å². The lowest BCUT2D eigenvalue weighted by molar-refractivity contribution is -0.121. The molecular formula is C22H19FN4O2. The number of H-pyrrole nitrogens is 1. The van der Waals surface area contributed by atoms with Gasteiger partial charge in [0.05, 0.1) is 12.2 Å². The van der Waals surface area contributed by atoms with Crippen LogP contribution in [0.25, 0.3) is 0 Å². The van der Waals surface area contributed by atoms with Crippen molar-refractivity contribution in [1.29, 1.82) is 0 Å². The number of rotatable bonds is 2. The lowest BCUT2D eigenvalue weighted by Gasteiger charge is -2.34. The molecule has 146 valence electrons. The molecule has 3 aromatic rings. The molecule has 7 heteroatoms. The predicted molar refractivity (Wildman–Crippen MR) is 105 cm³/mol. The van der Waals surface area contributed by atoms with Gasteiger partial charge >= 0.3 is 0 Å². The summed E-state index contributed by atoms with van der Waals surface area (Å²) in [7, 11) is 0. The van der Waals surface area contributed by atoms with Gasteiger partial charge in [-0.15, -0.1) is 0 Å². The molecule has 2 atom stereocenters. The number of fused-ring (bicyclic) bond motifs is 2. The number of amides is 2. The first-order chi connectivity index (χ1) is 14.0. The van der Waals surface area contributed by atoms with Crippen molar-refractivity contribution in [2.24, 2.45) is 0 Å². The number of aromatic nitrogens is 2. The van der Waals surface area contributed by atoms with Crippen LogP contribution in [-0.2, 0) is 10.2 Å². The van der Waals surface area contributed by atoms with E-state index in [1.165, 1.54) is 18.3 Å². The Balaban J connectivity index is 1.67. The van der Waals surface area contributed by atoms with Crippen LogP contribution in [0.15, 0.2) is 54.7 Å². The van der Waals surface area contributed by atoms with E-state index < -0.39 is 11.5 Å². The van der Waals surface area contributed by atoms with Crippen LogP contribution < -0.4 is 5.32 Å². The van der Waals surface area contributed by atoms with E-state index >= 15 is 0 Å². The number of hydrogen-bond acceptors (Lipinski definition) is 3. The Morgan fingerprint density at radius 2 is 1.97 bits per heavy atom. The summed E-state index contributed by atoms with van der Waals surface area (Å²) in [5.74, 6) is -0.0817. The molecule has 29 heavy (non-hydrogen) atoms. The summed E-state index contributed by atoms with van der Waals surface area (Å²) in [6.07, 6.45) is 1.99. The third-order valence-electron chi connectivity index (χ3n) is 5.97. The Morgan fingerprint density at radius 3 is 2.69 bits per heavy atom. The molecule has 2 N–H and O–H groups in total. The lowest BCUT2D eigenvalue weighted by atomic mass is 9.72. The molecule has 1 spiro atoms. The fourth-order valence-corrected chi connectivity index (χ4v) is 4.70. The Labute approximate surface area is 166 Å². The van der Waals surface area contributed by atoms with Crippen LogP contribution in [0.5, 0.6) is 0 Å². The van der Waals surface area contributed by atoms with Crippen LogP contribution in [0.4, 0.5) is 10.1 Å². The Kier molecular flexibility index (Phi) is 3.81. The number of hydrogen-bond donors (Lipinski definition) is 2. The van der Waals surface area contributed by atoms with Gasteiger partial charge in [0.1, 0.15) is 22.8 Å². The quantitative estimate of drug-likeness (QED) is 0.705. The van der Waals surface area contributed by atoms with Crippen molar-refractivity contribution in [1.82, 2.24) is 14.9 Å². The number of likely N-dealkylation sites (tertiary alicyclic amines) is 1. The maximum absolute atomic E-state index is 13.6. The number of para-hydroxylation sites is 1. The lowest BCUT2D eigenvalue weighted by Crippen LogP contribution is -2.42. The average Bonchev–Trinajstić information content (AvgIpc) is 3.40. The molecule has 5 rings (SSSR count). The average molecular weight is 390 g/mol. The van der Waals surface area contributed by atoms with Gasteiger partial charge in [0.15, 0.2) is 0 Å². The van der Waals surface area contributed by atoms with E-state index in [2.05, 4.69) is 15.3 Å². The number of benzene rings is 2. The first-order valence-corrected chi connectivity index (χ1v) is 9.50. The van der Waals surface area contributed by atoms with Gasteiger partial charge in [-0.2, -0.15) is 0 Å². The summed E-state index contributed by atoms with van der Waals surface area (Å²) < 4.78 is 13.6. The highest BCUT2D eigenvalue weighted by atomic mass is 19.1. The Morgan fingerprint density at radius 1 is 1.21 bits per heavy atom. The molecule has 1 fully saturated rings. The van der Waals surface area contributed by atoms with Crippen LogP contribution in [0.3, 0.4) is 0 Å². The van der Waals surface area contributed by atoms with E-state index in [4.69, 9.17) is 0 Å². The molecule has 2 unspecified atom stereocenters. The number of anilines is 1. The van der Waals surface area contributed by atoms with Crippen LogP contribution in [0.2, 0.25) is 0 Å². The van der Waals surface area contributed by atoms with E-state index in [1.54, 1.807) is 24.0 Å². The van der Waals surface area contributed by atoms with E-state index in [0.717, 1.165) is 16.8 Å². The second-order valence-electron chi connectivity index (χ2n) is 7.56. The first kappa shape index (κ1) is 17.6. The van der Waals surface area contributed by atoms with Crippen molar-refractivity contribution in [3.63, 3.8) is 0 Å². The highest BCUT2D eigenvalue weighted by molar-refractivity contribution is 6.08. The molecule has 2 aliphatic rings. The van der Waals surface area contributed by atoms with Crippen LogP contribution in [-0.4, -0.2) is 33.2 Å². The normalized spacial score (nSPS) is 22.8. The fraction of sp³-hybridized carbons (Fsp3) is 0.227. The molecule has 0 bridgehead atoms. The van der Waals surface area contributed by atoms with Crippen LogP contribution >= 0.6 is 0 Å². The number of imidazole rings is 1. The molecule has 1 aromatic heterocycles. The minimum absolute atomic E-state index is 0.135. The van der Waals surface area contributed by atoms with Crippen LogP contribution in [0, 0.1) is 12.7 Å². The van der Waals surface area contributed by atoms with Gasteiger partial charge in [0.25, 0.3) is 5.91 Å².